The summed E-state index contributed by atoms with van der Waals surface area (Å²) in [7, 11) is 0. The topological polar surface area (TPSA) is 54.3 Å². The molecule has 1 aliphatic heterocycles. The molecule has 1 saturated heterocycles. The highest BCUT2D eigenvalue weighted by atomic mass is 79.9. The molecule has 158 valence electrons. The highest BCUT2D eigenvalue weighted by Crippen LogP contribution is 2.27. The first-order chi connectivity index (χ1) is 14.7. The lowest BCUT2D eigenvalue weighted by molar-refractivity contribution is -0.123. The summed E-state index contributed by atoms with van der Waals surface area (Å²) < 4.78 is 16.4. The van der Waals surface area contributed by atoms with Crippen LogP contribution in [0, 0.1) is 19.7 Å². The standard InChI is InChI=1S/C23H18BrClFN3O2/c1-13-9-16(14(2)29(13)18-7-8-20(26)19(25)11-18)10-21-22(30)28(23(31)27-21)12-15-3-5-17(24)6-4-15/h3-11H,12H2,1-2H3,(H,27,31)/b21-10+. The van der Waals surface area contributed by atoms with Crippen LogP contribution in [-0.2, 0) is 11.3 Å². The van der Waals surface area contributed by atoms with Gasteiger partial charge in [0.15, 0.2) is 0 Å². The molecule has 0 radical (unpaired) electrons. The van der Waals surface area contributed by atoms with E-state index in [9.17, 15) is 14.0 Å². The molecule has 0 unspecified atom stereocenters. The van der Waals surface area contributed by atoms with Crippen molar-refractivity contribution in [2.24, 2.45) is 0 Å². The number of nitrogens with zero attached hydrogens (tertiary/aromatic N) is 2. The summed E-state index contributed by atoms with van der Waals surface area (Å²) in [6, 6.07) is 13.4. The van der Waals surface area contributed by atoms with E-state index in [4.69, 9.17) is 11.6 Å². The zero-order chi connectivity index (χ0) is 22.3. The van der Waals surface area contributed by atoms with Crippen molar-refractivity contribution in [3.63, 3.8) is 0 Å². The van der Waals surface area contributed by atoms with Gasteiger partial charge in [-0.1, -0.05) is 39.7 Å². The number of amides is 3. The van der Waals surface area contributed by atoms with Crippen LogP contribution < -0.4 is 5.32 Å². The number of urea groups is 1. The lowest BCUT2D eigenvalue weighted by Gasteiger charge is -2.11. The fourth-order valence-corrected chi connectivity index (χ4v) is 4.04. The lowest BCUT2D eigenvalue weighted by Crippen LogP contribution is -2.30. The van der Waals surface area contributed by atoms with Gasteiger partial charge in [-0.2, -0.15) is 0 Å². The van der Waals surface area contributed by atoms with Crippen LogP contribution in [0.5, 0.6) is 0 Å². The van der Waals surface area contributed by atoms with Gasteiger partial charge >= 0.3 is 6.03 Å². The first-order valence-corrected chi connectivity index (χ1v) is 10.6. The molecule has 0 atom stereocenters. The number of rotatable bonds is 4. The highest BCUT2D eigenvalue weighted by Gasteiger charge is 2.33. The van der Waals surface area contributed by atoms with Crippen LogP contribution in [-0.4, -0.2) is 21.4 Å². The second-order valence-corrected chi connectivity index (χ2v) is 8.59. The molecule has 31 heavy (non-hydrogen) atoms. The molecule has 0 aliphatic carbocycles. The van der Waals surface area contributed by atoms with Crippen molar-refractivity contribution in [1.29, 1.82) is 0 Å². The Kier molecular flexibility index (Phi) is 5.73. The predicted molar refractivity (Wildman–Crippen MR) is 121 cm³/mol. The Labute approximate surface area is 192 Å². The van der Waals surface area contributed by atoms with Gasteiger partial charge in [-0.15, -0.1) is 0 Å². The lowest BCUT2D eigenvalue weighted by atomic mass is 10.2. The molecule has 1 aliphatic rings. The number of carbonyl (C=O) groups is 2. The summed E-state index contributed by atoms with van der Waals surface area (Å²) in [6.07, 6.45) is 1.66. The molecule has 4 rings (SSSR count). The molecular weight excluding hydrogens is 485 g/mol. The molecule has 0 saturated carbocycles. The molecule has 3 aromatic rings. The van der Waals surface area contributed by atoms with Gasteiger partial charge in [-0.3, -0.25) is 9.69 Å². The van der Waals surface area contributed by atoms with E-state index < -0.39 is 11.8 Å². The Balaban J connectivity index is 1.63. The van der Waals surface area contributed by atoms with Crippen molar-refractivity contribution in [2.45, 2.75) is 20.4 Å². The number of hydrogen-bond acceptors (Lipinski definition) is 2. The number of nitrogens with one attached hydrogen (secondary N) is 1. The molecule has 0 spiro atoms. The largest absolute Gasteiger partial charge is 0.329 e. The first kappa shape index (κ1) is 21.3. The molecule has 2 aromatic carbocycles. The third-order valence-electron chi connectivity index (χ3n) is 5.15. The number of aryl methyl sites for hydroxylation is 1. The Morgan fingerprint density at radius 2 is 1.81 bits per heavy atom. The van der Waals surface area contributed by atoms with Crippen molar-refractivity contribution in [3.8, 4) is 5.69 Å². The molecular formula is C23H18BrClFN3O2. The number of hydrogen-bond donors (Lipinski definition) is 1. The van der Waals surface area contributed by atoms with Gasteiger partial charge in [0.25, 0.3) is 5.91 Å². The Hall–Kier alpha value is -2.90. The maximum absolute atomic E-state index is 13.5. The van der Waals surface area contributed by atoms with Crippen molar-refractivity contribution in [2.75, 3.05) is 0 Å². The molecule has 2 heterocycles. The van der Waals surface area contributed by atoms with Crippen LogP contribution >= 0.6 is 27.5 Å². The van der Waals surface area contributed by atoms with Crippen molar-refractivity contribution >= 4 is 45.5 Å². The third-order valence-corrected chi connectivity index (χ3v) is 5.97. The van der Waals surface area contributed by atoms with Crippen LogP contribution in [0.2, 0.25) is 5.02 Å². The maximum Gasteiger partial charge on any atom is 0.329 e. The smallest absolute Gasteiger partial charge is 0.318 e. The van der Waals surface area contributed by atoms with Crippen LogP contribution in [0.15, 0.2) is 58.7 Å². The van der Waals surface area contributed by atoms with Gasteiger partial charge in [0.2, 0.25) is 0 Å². The van der Waals surface area contributed by atoms with E-state index in [2.05, 4.69) is 21.2 Å². The van der Waals surface area contributed by atoms with Crippen molar-refractivity contribution < 1.29 is 14.0 Å². The van der Waals surface area contributed by atoms with E-state index >= 15 is 0 Å². The minimum absolute atomic E-state index is 0.0340. The van der Waals surface area contributed by atoms with E-state index in [1.54, 1.807) is 18.2 Å². The van der Waals surface area contributed by atoms with Crippen LogP contribution in [0.25, 0.3) is 11.8 Å². The summed E-state index contributed by atoms with van der Waals surface area (Å²) in [6.45, 7) is 3.97. The fraction of sp³-hybridized carbons (Fsp3) is 0.130. The summed E-state index contributed by atoms with van der Waals surface area (Å²) in [5, 5.41) is 2.69. The average Bonchev–Trinajstić information content (AvgIpc) is 3.15. The summed E-state index contributed by atoms with van der Waals surface area (Å²) in [4.78, 5) is 26.4. The number of carbonyl (C=O) groups excluding carboxylic acids is 2. The maximum atomic E-state index is 13.5. The Morgan fingerprint density at radius 1 is 1.10 bits per heavy atom. The Bertz CT molecular complexity index is 1230. The predicted octanol–water partition coefficient (Wildman–Crippen LogP) is 5.74. The number of imide groups is 1. The third kappa shape index (κ3) is 4.16. The van der Waals surface area contributed by atoms with Crippen LogP contribution in [0.3, 0.4) is 0 Å². The van der Waals surface area contributed by atoms with E-state index in [0.717, 1.165) is 27.0 Å². The minimum Gasteiger partial charge on any atom is -0.318 e. The van der Waals surface area contributed by atoms with Crippen molar-refractivity contribution in [1.82, 2.24) is 14.8 Å². The minimum atomic E-state index is -0.486. The number of benzene rings is 2. The molecule has 0 bridgehead atoms. The zero-order valence-corrected chi connectivity index (χ0v) is 19.1. The molecule has 1 N–H and O–H groups in total. The molecule has 1 fully saturated rings. The van der Waals surface area contributed by atoms with Gasteiger partial charge in [-0.25, -0.2) is 9.18 Å². The first-order valence-electron chi connectivity index (χ1n) is 9.48. The van der Waals surface area contributed by atoms with E-state index in [1.165, 1.54) is 11.0 Å². The van der Waals surface area contributed by atoms with Gasteiger partial charge in [0.05, 0.1) is 11.6 Å². The monoisotopic (exact) mass is 501 g/mol. The van der Waals surface area contributed by atoms with E-state index in [-0.39, 0.29) is 23.2 Å². The fourth-order valence-electron chi connectivity index (χ4n) is 3.60. The molecule has 1 aromatic heterocycles. The molecule has 5 nitrogen and oxygen atoms in total. The normalized spacial score (nSPS) is 15.1. The SMILES string of the molecule is Cc1cc(/C=C2/NC(=O)N(Cc3ccc(Br)cc3)C2=O)c(C)n1-c1ccc(F)c(Cl)c1. The second kappa shape index (κ2) is 8.32. The summed E-state index contributed by atoms with van der Waals surface area (Å²) in [5.41, 5.74) is 4.26. The van der Waals surface area contributed by atoms with Crippen molar-refractivity contribution in [3.05, 3.63) is 92.1 Å². The van der Waals surface area contributed by atoms with E-state index in [0.29, 0.717) is 5.69 Å². The van der Waals surface area contributed by atoms with Gasteiger partial charge in [0, 0.05) is 21.5 Å². The highest BCUT2D eigenvalue weighted by molar-refractivity contribution is 9.10. The Morgan fingerprint density at radius 3 is 2.48 bits per heavy atom. The second-order valence-electron chi connectivity index (χ2n) is 7.27. The number of halogens is 3. The van der Waals surface area contributed by atoms with Gasteiger partial charge in [-0.05, 0) is 67.4 Å². The van der Waals surface area contributed by atoms with Gasteiger partial charge < -0.3 is 9.88 Å². The number of aromatic nitrogens is 1. The average molecular weight is 503 g/mol. The van der Waals surface area contributed by atoms with E-state index in [1.807, 2.05) is 48.7 Å². The summed E-state index contributed by atoms with van der Waals surface area (Å²) >= 11 is 9.31. The molecule has 3 amide bonds. The quantitative estimate of drug-likeness (QED) is 0.365. The van der Waals surface area contributed by atoms with Crippen LogP contribution in [0.4, 0.5) is 9.18 Å². The van der Waals surface area contributed by atoms with Gasteiger partial charge in [0.1, 0.15) is 11.5 Å². The zero-order valence-electron chi connectivity index (χ0n) is 16.7. The van der Waals surface area contributed by atoms with Crippen LogP contribution in [0.1, 0.15) is 22.5 Å². The molecule has 8 heteroatoms. The summed E-state index contributed by atoms with van der Waals surface area (Å²) in [5.74, 6) is -0.872.